The number of piperazine rings is 1. The number of methoxy groups -OCH3 is 1. The summed E-state index contributed by atoms with van der Waals surface area (Å²) in [6, 6.07) is 14.3. The second-order valence-electron chi connectivity index (χ2n) is 6.08. The van der Waals surface area contributed by atoms with Gasteiger partial charge in [-0.2, -0.15) is 0 Å². The number of nitrogens with one attached hydrogen (secondary N) is 1. The fraction of sp³-hybridized carbons (Fsp3) is 0.316. The zero-order chi connectivity index (χ0) is 16.9. The van der Waals surface area contributed by atoms with Gasteiger partial charge in [0.15, 0.2) is 0 Å². The van der Waals surface area contributed by atoms with Crippen molar-refractivity contribution in [3.05, 3.63) is 65.5 Å². The third-order valence-electron chi connectivity index (χ3n) is 4.49. The molecule has 5 heteroatoms. The van der Waals surface area contributed by atoms with Gasteiger partial charge in [-0.15, -0.1) is 0 Å². The van der Waals surface area contributed by atoms with Gasteiger partial charge in [0.05, 0.1) is 38.9 Å². The molecule has 1 aliphatic heterocycles. The van der Waals surface area contributed by atoms with Crippen molar-refractivity contribution in [3.63, 3.8) is 0 Å². The van der Waals surface area contributed by atoms with Crippen molar-refractivity contribution in [2.45, 2.75) is 6.54 Å². The largest absolute Gasteiger partial charge is 0.465 e. The molecule has 1 N–H and O–H groups in total. The van der Waals surface area contributed by atoms with Crippen LogP contribution in [0.4, 0.5) is 10.1 Å². The predicted octanol–water partition coefficient (Wildman–Crippen LogP) is 1.52. The Morgan fingerprint density at radius 1 is 1.08 bits per heavy atom. The van der Waals surface area contributed by atoms with E-state index >= 15 is 0 Å². The molecule has 1 heterocycles. The van der Waals surface area contributed by atoms with Gasteiger partial charge in [-0.25, -0.2) is 9.18 Å². The Morgan fingerprint density at radius 2 is 1.71 bits per heavy atom. The number of quaternary nitrogens is 1. The molecule has 0 bridgehead atoms. The summed E-state index contributed by atoms with van der Waals surface area (Å²) in [4.78, 5) is 15.3. The molecule has 3 rings (SSSR count). The quantitative estimate of drug-likeness (QED) is 0.864. The van der Waals surface area contributed by atoms with Crippen LogP contribution in [0.3, 0.4) is 0 Å². The molecule has 1 fully saturated rings. The van der Waals surface area contributed by atoms with Gasteiger partial charge in [0.2, 0.25) is 0 Å². The Morgan fingerprint density at radius 3 is 2.29 bits per heavy atom. The van der Waals surface area contributed by atoms with Crippen LogP contribution in [-0.4, -0.2) is 39.3 Å². The van der Waals surface area contributed by atoms with E-state index in [1.807, 2.05) is 36.4 Å². The van der Waals surface area contributed by atoms with Crippen LogP contribution in [-0.2, 0) is 11.3 Å². The van der Waals surface area contributed by atoms with Crippen molar-refractivity contribution in [2.75, 3.05) is 38.2 Å². The number of hydrogen-bond acceptors (Lipinski definition) is 3. The molecular weight excluding hydrogens is 307 g/mol. The number of esters is 1. The number of ether oxygens (including phenoxy) is 1. The van der Waals surface area contributed by atoms with Gasteiger partial charge < -0.3 is 14.5 Å². The summed E-state index contributed by atoms with van der Waals surface area (Å²) >= 11 is 0. The molecule has 0 aliphatic carbocycles. The third-order valence-corrected chi connectivity index (χ3v) is 4.49. The van der Waals surface area contributed by atoms with Crippen LogP contribution in [0.2, 0.25) is 0 Å². The lowest BCUT2D eigenvalue weighted by molar-refractivity contribution is -0.914. The van der Waals surface area contributed by atoms with Crippen molar-refractivity contribution in [2.24, 2.45) is 0 Å². The van der Waals surface area contributed by atoms with Gasteiger partial charge >= 0.3 is 5.97 Å². The Kier molecular flexibility index (Phi) is 5.11. The molecule has 0 atom stereocenters. The van der Waals surface area contributed by atoms with Gasteiger partial charge in [-0.05, 0) is 36.4 Å². The van der Waals surface area contributed by atoms with Gasteiger partial charge in [0.25, 0.3) is 0 Å². The van der Waals surface area contributed by atoms with Crippen molar-refractivity contribution in [3.8, 4) is 0 Å². The maximum atomic E-state index is 13.0. The van der Waals surface area contributed by atoms with Crippen molar-refractivity contribution in [1.29, 1.82) is 0 Å². The zero-order valence-corrected chi connectivity index (χ0v) is 13.8. The van der Waals surface area contributed by atoms with Crippen LogP contribution >= 0.6 is 0 Å². The standard InChI is InChI=1S/C19H21FN2O2/c1-24-19(23)16-4-2-15(3-5-16)14-21-10-12-22(13-11-21)18-8-6-17(20)7-9-18/h2-9H,10-14H2,1H3/p+1. The van der Waals surface area contributed by atoms with Gasteiger partial charge in [-0.3, -0.25) is 0 Å². The first-order valence-corrected chi connectivity index (χ1v) is 8.17. The SMILES string of the molecule is COC(=O)c1ccc(C[NH+]2CCN(c3ccc(F)cc3)CC2)cc1. The molecule has 1 aliphatic rings. The molecule has 4 nitrogen and oxygen atoms in total. The number of benzene rings is 2. The molecule has 24 heavy (non-hydrogen) atoms. The first-order valence-electron chi connectivity index (χ1n) is 8.17. The molecule has 1 saturated heterocycles. The lowest BCUT2D eigenvalue weighted by Crippen LogP contribution is -3.13. The van der Waals surface area contributed by atoms with Crippen LogP contribution in [0.15, 0.2) is 48.5 Å². The van der Waals surface area contributed by atoms with E-state index in [0.717, 1.165) is 38.4 Å². The smallest absolute Gasteiger partial charge is 0.337 e. The first-order chi connectivity index (χ1) is 11.7. The fourth-order valence-electron chi connectivity index (χ4n) is 3.08. The number of carbonyl (C=O) groups excluding carboxylic acids is 1. The summed E-state index contributed by atoms with van der Waals surface area (Å²) in [5, 5.41) is 0. The highest BCUT2D eigenvalue weighted by atomic mass is 19.1. The molecule has 0 radical (unpaired) electrons. The minimum atomic E-state index is -0.304. The lowest BCUT2D eigenvalue weighted by Gasteiger charge is -2.33. The third kappa shape index (κ3) is 3.92. The van der Waals surface area contributed by atoms with Crippen molar-refractivity contribution < 1.29 is 18.8 Å². The maximum absolute atomic E-state index is 13.0. The average Bonchev–Trinajstić information content (AvgIpc) is 2.63. The van der Waals surface area contributed by atoms with Crippen molar-refractivity contribution >= 4 is 11.7 Å². The van der Waals surface area contributed by atoms with E-state index in [9.17, 15) is 9.18 Å². The summed E-state index contributed by atoms with van der Waals surface area (Å²) in [6.45, 7) is 4.94. The molecule has 2 aromatic carbocycles. The summed E-state index contributed by atoms with van der Waals surface area (Å²) in [5.41, 5.74) is 2.88. The highest BCUT2D eigenvalue weighted by molar-refractivity contribution is 5.89. The monoisotopic (exact) mass is 329 g/mol. The molecule has 126 valence electrons. The topological polar surface area (TPSA) is 34.0 Å². The predicted molar refractivity (Wildman–Crippen MR) is 90.8 cm³/mol. The van der Waals surface area contributed by atoms with Gasteiger partial charge in [-0.1, -0.05) is 12.1 Å². The number of hydrogen-bond donors (Lipinski definition) is 1. The molecular formula is C19H22FN2O2+. The molecule has 0 spiro atoms. The van der Waals surface area contributed by atoms with Crippen LogP contribution < -0.4 is 9.80 Å². The molecule has 0 saturated carbocycles. The second kappa shape index (κ2) is 7.45. The Hall–Kier alpha value is -2.40. The van der Waals surface area contributed by atoms with Crippen LogP contribution in [0.5, 0.6) is 0 Å². The molecule has 2 aromatic rings. The first kappa shape index (κ1) is 16.5. The maximum Gasteiger partial charge on any atom is 0.337 e. The number of nitrogens with zero attached hydrogens (tertiary/aromatic N) is 1. The average molecular weight is 329 g/mol. The van der Waals surface area contributed by atoms with Crippen LogP contribution in [0, 0.1) is 5.82 Å². The van der Waals surface area contributed by atoms with E-state index in [1.165, 1.54) is 29.7 Å². The minimum Gasteiger partial charge on any atom is -0.465 e. The molecule has 0 aromatic heterocycles. The molecule has 0 amide bonds. The van der Waals surface area contributed by atoms with Crippen molar-refractivity contribution in [1.82, 2.24) is 0 Å². The normalized spacial score (nSPS) is 15.3. The Bertz CT molecular complexity index is 678. The minimum absolute atomic E-state index is 0.196. The summed E-state index contributed by atoms with van der Waals surface area (Å²) < 4.78 is 17.7. The summed E-state index contributed by atoms with van der Waals surface area (Å²) in [6.07, 6.45) is 0. The van der Waals surface area contributed by atoms with E-state index in [4.69, 9.17) is 4.74 Å². The van der Waals surface area contributed by atoms with E-state index in [2.05, 4.69) is 4.90 Å². The number of rotatable bonds is 4. The zero-order valence-electron chi connectivity index (χ0n) is 13.8. The fourth-order valence-corrected chi connectivity index (χ4v) is 3.08. The highest BCUT2D eigenvalue weighted by Gasteiger charge is 2.20. The van der Waals surface area contributed by atoms with E-state index < -0.39 is 0 Å². The van der Waals surface area contributed by atoms with E-state index in [-0.39, 0.29) is 11.8 Å². The van der Waals surface area contributed by atoms with Crippen LogP contribution in [0.25, 0.3) is 0 Å². The van der Waals surface area contributed by atoms with E-state index in [1.54, 1.807) is 0 Å². The molecule has 0 unspecified atom stereocenters. The number of halogens is 1. The van der Waals surface area contributed by atoms with Gasteiger partial charge in [0, 0.05) is 11.3 Å². The Balaban J connectivity index is 1.53. The van der Waals surface area contributed by atoms with Gasteiger partial charge in [0.1, 0.15) is 12.4 Å². The summed E-state index contributed by atoms with van der Waals surface area (Å²) in [7, 11) is 1.39. The summed E-state index contributed by atoms with van der Waals surface area (Å²) in [5.74, 6) is -0.500. The van der Waals surface area contributed by atoms with E-state index in [0.29, 0.717) is 5.56 Å². The lowest BCUT2D eigenvalue weighted by atomic mass is 10.1. The second-order valence-corrected chi connectivity index (χ2v) is 6.08. The Labute approximate surface area is 141 Å². The highest BCUT2D eigenvalue weighted by Crippen LogP contribution is 2.14. The number of anilines is 1. The number of carbonyl (C=O) groups is 1. The van der Waals surface area contributed by atoms with Crippen LogP contribution in [0.1, 0.15) is 15.9 Å².